The lowest BCUT2D eigenvalue weighted by molar-refractivity contribution is -0.121. The summed E-state index contributed by atoms with van der Waals surface area (Å²) in [5, 5.41) is 8.67. The number of aryl methyl sites for hydroxylation is 1. The number of nitrogens with one attached hydrogen (secondary N) is 2. The Labute approximate surface area is 158 Å². The highest BCUT2D eigenvalue weighted by Crippen LogP contribution is 2.31. The third-order valence-corrected chi connectivity index (χ3v) is 5.41. The van der Waals surface area contributed by atoms with Gasteiger partial charge in [0.15, 0.2) is 5.76 Å². The molecule has 2 amide bonds. The van der Waals surface area contributed by atoms with E-state index in [4.69, 9.17) is 4.42 Å². The molecule has 1 aliphatic carbocycles. The molecule has 0 unspecified atom stereocenters. The van der Waals surface area contributed by atoms with E-state index < -0.39 is 0 Å². The number of hydrogen-bond acceptors (Lipinski definition) is 3. The van der Waals surface area contributed by atoms with Crippen LogP contribution < -0.4 is 10.6 Å². The van der Waals surface area contributed by atoms with Gasteiger partial charge in [0, 0.05) is 22.4 Å². The lowest BCUT2D eigenvalue weighted by Crippen LogP contribution is -2.42. The summed E-state index contributed by atoms with van der Waals surface area (Å²) in [7, 11) is 0. The first-order valence-electron chi connectivity index (χ1n) is 9.62. The third-order valence-electron chi connectivity index (χ3n) is 5.41. The van der Waals surface area contributed by atoms with Crippen LogP contribution in [0.15, 0.2) is 40.8 Å². The molecule has 2 aromatic carbocycles. The molecule has 1 fully saturated rings. The van der Waals surface area contributed by atoms with Crippen molar-refractivity contribution in [3.05, 3.63) is 47.7 Å². The molecular formula is C22H24N2O3. The van der Waals surface area contributed by atoms with Gasteiger partial charge in [0.25, 0.3) is 5.91 Å². The Morgan fingerprint density at radius 1 is 1.04 bits per heavy atom. The molecule has 1 aliphatic rings. The predicted octanol–water partition coefficient (Wildman–Crippen LogP) is 4.07. The van der Waals surface area contributed by atoms with Crippen molar-refractivity contribution in [1.29, 1.82) is 0 Å². The number of rotatable bonds is 4. The van der Waals surface area contributed by atoms with Gasteiger partial charge in [-0.05, 0) is 25.2 Å². The van der Waals surface area contributed by atoms with Gasteiger partial charge in [-0.3, -0.25) is 9.59 Å². The van der Waals surface area contributed by atoms with Gasteiger partial charge in [0.2, 0.25) is 5.91 Å². The van der Waals surface area contributed by atoms with Crippen molar-refractivity contribution >= 4 is 33.6 Å². The number of benzene rings is 2. The molecule has 4 rings (SSSR count). The molecule has 2 N–H and O–H groups in total. The lowest BCUT2D eigenvalue weighted by Gasteiger charge is -2.22. The minimum absolute atomic E-state index is 0.0352. The number of amides is 2. The topological polar surface area (TPSA) is 71.3 Å². The Hall–Kier alpha value is -2.82. The maximum atomic E-state index is 12.6. The van der Waals surface area contributed by atoms with Gasteiger partial charge in [0.1, 0.15) is 5.58 Å². The van der Waals surface area contributed by atoms with Crippen molar-refractivity contribution in [3.63, 3.8) is 0 Å². The van der Waals surface area contributed by atoms with Crippen LogP contribution in [0.4, 0.5) is 0 Å². The van der Waals surface area contributed by atoms with Crippen molar-refractivity contribution in [1.82, 2.24) is 10.6 Å². The first-order chi connectivity index (χ1) is 13.1. The van der Waals surface area contributed by atoms with Gasteiger partial charge in [-0.15, -0.1) is 0 Å². The second-order valence-corrected chi connectivity index (χ2v) is 7.30. The highest BCUT2D eigenvalue weighted by Gasteiger charge is 2.20. The number of furan rings is 1. The van der Waals surface area contributed by atoms with Crippen LogP contribution in [-0.4, -0.2) is 24.4 Å². The Balaban J connectivity index is 1.48. The third kappa shape index (κ3) is 3.54. The monoisotopic (exact) mass is 364 g/mol. The van der Waals surface area contributed by atoms with Crippen LogP contribution in [0.25, 0.3) is 21.7 Å². The largest absolute Gasteiger partial charge is 0.450 e. The summed E-state index contributed by atoms with van der Waals surface area (Å²) in [6.45, 7) is 1.84. The van der Waals surface area contributed by atoms with Gasteiger partial charge in [-0.25, -0.2) is 0 Å². The predicted molar refractivity (Wildman–Crippen MR) is 106 cm³/mol. The Morgan fingerprint density at radius 2 is 1.81 bits per heavy atom. The zero-order valence-electron chi connectivity index (χ0n) is 15.5. The zero-order chi connectivity index (χ0) is 18.8. The van der Waals surface area contributed by atoms with Crippen LogP contribution in [0.3, 0.4) is 0 Å². The molecule has 0 saturated heterocycles. The molecule has 0 atom stereocenters. The maximum absolute atomic E-state index is 12.6. The summed E-state index contributed by atoms with van der Waals surface area (Å²) in [5.74, 6) is -0.229. The Kier molecular flexibility index (Phi) is 4.84. The van der Waals surface area contributed by atoms with E-state index in [9.17, 15) is 9.59 Å². The van der Waals surface area contributed by atoms with Gasteiger partial charge < -0.3 is 15.1 Å². The van der Waals surface area contributed by atoms with E-state index in [0.717, 1.165) is 47.4 Å². The highest BCUT2D eigenvalue weighted by atomic mass is 16.3. The first kappa shape index (κ1) is 17.6. The standard InChI is InChI=1S/C22H24N2O3/c1-14-17-12-11-15-7-5-6-10-18(15)21(17)27-20(14)22(26)23-13-19(25)24-16-8-3-2-4-9-16/h5-7,10-12,16H,2-4,8-9,13H2,1H3,(H,23,26)(H,24,25). The quantitative estimate of drug-likeness (QED) is 0.733. The molecule has 1 heterocycles. The summed E-state index contributed by atoms with van der Waals surface area (Å²) in [5.41, 5.74) is 1.50. The molecule has 1 saturated carbocycles. The van der Waals surface area contributed by atoms with Crippen LogP contribution in [-0.2, 0) is 4.79 Å². The number of carbonyl (C=O) groups is 2. The fourth-order valence-electron chi connectivity index (χ4n) is 3.93. The summed E-state index contributed by atoms with van der Waals surface area (Å²) in [6, 6.07) is 12.2. The smallest absolute Gasteiger partial charge is 0.287 e. The van der Waals surface area contributed by atoms with Gasteiger partial charge in [-0.1, -0.05) is 55.7 Å². The van der Waals surface area contributed by atoms with Crippen LogP contribution in [0.2, 0.25) is 0 Å². The molecule has 5 heteroatoms. The second-order valence-electron chi connectivity index (χ2n) is 7.30. The van der Waals surface area contributed by atoms with E-state index in [1.165, 1.54) is 6.42 Å². The molecule has 0 spiro atoms. The first-order valence-corrected chi connectivity index (χ1v) is 9.62. The Morgan fingerprint density at radius 3 is 2.63 bits per heavy atom. The van der Waals surface area contributed by atoms with E-state index in [0.29, 0.717) is 5.58 Å². The normalized spacial score (nSPS) is 15.1. The van der Waals surface area contributed by atoms with Gasteiger partial charge in [0.05, 0.1) is 6.54 Å². The lowest BCUT2D eigenvalue weighted by atomic mass is 9.95. The molecule has 1 aromatic heterocycles. The molecular weight excluding hydrogens is 340 g/mol. The summed E-state index contributed by atoms with van der Waals surface area (Å²) < 4.78 is 5.91. The van der Waals surface area contributed by atoms with E-state index in [1.54, 1.807) is 0 Å². The van der Waals surface area contributed by atoms with Crippen LogP contribution >= 0.6 is 0 Å². The van der Waals surface area contributed by atoms with E-state index in [2.05, 4.69) is 10.6 Å². The number of carbonyl (C=O) groups excluding carboxylic acids is 2. The molecule has 3 aromatic rings. The zero-order valence-corrected chi connectivity index (χ0v) is 15.5. The molecule has 0 radical (unpaired) electrons. The van der Waals surface area contributed by atoms with Crippen molar-refractivity contribution in [2.75, 3.05) is 6.54 Å². The molecule has 0 aliphatic heterocycles. The molecule has 140 valence electrons. The van der Waals surface area contributed by atoms with E-state index in [-0.39, 0.29) is 30.2 Å². The summed E-state index contributed by atoms with van der Waals surface area (Å²) in [4.78, 5) is 24.7. The SMILES string of the molecule is Cc1c(C(=O)NCC(=O)NC2CCCCC2)oc2c1ccc1ccccc12. The van der Waals surface area contributed by atoms with Crippen LogP contribution in [0.1, 0.15) is 48.2 Å². The van der Waals surface area contributed by atoms with Gasteiger partial charge >= 0.3 is 0 Å². The number of hydrogen-bond donors (Lipinski definition) is 2. The summed E-state index contributed by atoms with van der Waals surface area (Å²) >= 11 is 0. The fraction of sp³-hybridized carbons (Fsp3) is 0.364. The van der Waals surface area contributed by atoms with E-state index >= 15 is 0 Å². The van der Waals surface area contributed by atoms with Crippen molar-refractivity contribution in [2.45, 2.75) is 45.1 Å². The van der Waals surface area contributed by atoms with Crippen molar-refractivity contribution in [3.8, 4) is 0 Å². The average molecular weight is 364 g/mol. The average Bonchev–Trinajstić information content (AvgIpc) is 3.04. The van der Waals surface area contributed by atoms with Crippen LogP contribution in [0, 0.1) is 6.92 Å². The number of fused-ring (bicyclic) bond motifs is 3. The van der Waals surface area contributed by atoms with E-state index in [1.807, 2.05) is 43.3 Å². The molecule has 27 heavy (non-hydrogen) atoms. The summed E-state index contributed by atoms with van der Waals surface area (Å²) in [6.07, 6.45) is 5.60. The molecule has 0 bridgehead atoms. The minimum atomic E-state index is -0.355. The molecule has 5 nitrogen and oxygen atoms in total. The fourth-order valence-corrected chi connectivity index (χ4v) is 3.93. The second kappa shape index (κ2) is 7.43. The van der Waals surface area contributed by atoms with Crippen LogP contribution in [0.5, 0.6) is 0 Å². The Bertz CT molecular complexity index is 999. The minimum Gasteiger partial charge on any atom is -0.450 e. The highest BCUT2D eigenvalue weighted by molar-refractivity contribution is 6.09. The van der Waals surface area contributed by atoms with Crippen molar-refractivity contribution in [2.24, 2.45) is 0 Å². The van der Waals surface area contributed by atoms with Crippen molar-refractivity contribution < 1.29 is 14.0 Å². The maximum Gasteiger partial charge on any atom is 0.287 e. The van der Waals surface area contributed by atoms with Gasteiger partial charge in [-0.2, -0.15) is 0 Å².